The first-order valence-corrected chi connectivity index (χ1v) is 8.15. The van der Waals surface area contributed by atoms with Crippen molar-refractivity contribution >= 4 is 31.6 Å². The zero-order valence-electron chi connectivity index (χ0n) is 9.76. The van der Waals surface area contributed by atoms with Crippen LogP contribution in [0.25, 0.3) is 0 Å². The van der Waals surface area contributed by atoms with Gasteiger partial charge in [-0.3, -0.25) is 4.79 Å². The van der Waals surface area contributed by atoms with Gasteiger partial charge in [0.2, 0.25) is 5.78 Å². The number of hydrogen-bond acceptors (Lipinski definition) is 4. The number of sulfone groups is 1. The van der Waals surface area contributed by atoms with E-state index in [1.807, 2.05) is 0 Å². The molecule has 108 valence electrons. The van der Waals surface area contributed by atoms with E-state index in [0.29, 0.717) is 13.0 Å². The molecular formula is C9H15BrF3NO3S. The Labute approximate surface area is 112 Å². The fourth-order valence-electron chi connectivity index (χ4n) is 1.10. The second-order valence-electron chi connectivity index (χ2n) is 3.85. The van der Waals surface area contributed by atoms with Gasteiger partial charge in [0.15, 0.2) is 0 Å². The van der Waals surface area contributed by atoms with Gasteiger partial charge in [0.05, 0.1) is 10.6 Å². The lowest BCUT2D eigenvalue weighted by Crippen LogP contribution is -2.31. The second kappa shape index (κ2) is 7.44. The highest BCUT2D eigenvalue weighted by Crippen LogP contribution is 2.23. The van der Waals surface area contributed by atoms with E-state index >= 15 is 0 Å². The Morgan fingerprint density at radius 1 is 1.33 bits per heavy atom. The molecule has 0 bridgehead atoms. The molecule has 0 fully saturated rings. The average molecular weight is 354 g/mol. The molecule has 1 N–H and O–H groups in total. The molecule has 18 heavy (non-hydrogen) atoms. The van der Waals surface area contributed by atoms with Gasteiger partial charge in [-0.2, -0.15) is 13.2 Å². The van der Waals surface area contributed by atoms with Gasteiger partial charge in [-0.05, 0) is 19.4 Å². The molecule has 9 heteroatoms. The quantitative estimate of drug-likeness (QED) is 0.527. The number of rotatable bonds is 8. The monoisotopic (exact) mass is 353 g/mol. The van der Waals surface area contributed by atoms with E-state index in [4.69, 9.17) is 0 Å². The molecule has 1 atom stereocenters. The Morgan fingerprint density at radius 3 is 2.33 bits per heavy atom. The van der Waals surface area contributed by atoms with Crippen molar-refractivity contribution < 1.29 is 26.4 Å². The third-order valence-corrected chi connectivity index (χ3v) is 3.84. The van der Waals surface area contributed by atoms with Gasteiger partial charge < -0.3 is 5.32 Å². The molecule has 0 rings (SSSR count). The van der Waals surface area contributed by atoms with Gasteiger partial charge in [-0.15, -0.1) is 0 Å². The van der Waals surface area contributed by atoms with Crippen LogP contribution in [0.15, 0.2) is 0 Å². The van der Waals surface area contributed by atoms with Crippen molar-refractivity contribution in [2.45, 2.75) is 23.8 Å². The number of Topliss-reactive ketones (excluding diaryl/α,β-unsaturated/α-hetero) is 1. The zero-order chi connectivity index (χ0) is 14.4. The lowest BCUT2D eigenvalue weighted by molar-refractivity contribution is -0.170. The maximum absolute atomic E-state index is 12.0. The van der Waals surface area contributed by atoms with E-state index in [1.165, 1.54) is 0 Å². The summed E-state index contributed by atoms with van der Waals surface area (Å²) in [5.41, 5.74) is 0. The SMILES string of the molecule is CS(=O)(=O)CCNCCCC(Br)C(=O)C(F)(F)F. The summed E-state index contributed by atoms with van der Waals surface area (Å²) in [6.07, 6.45) is -3.32. The number of carbonyl (C=O) groups excluding carboxylic acids is 1. The lowest BCUT2D eigenvalue weighted by atomic mass is 10.1. The van der Waals surface area contributed by atoms with Gasteiger partial charge in [0.1, 0.15) is 9.84 Å². The zero-order valence-corrected chi connectivity index (χ0v) is 12.2. The van der Waals surface area contributed by atoms with E-state index in [1.54, 1.807) is 0 Å². The van der Waals surface area contributed by atoms with Crippen LogP contribution in [0.3, 0.4) is 0 Å². The molecule has 0 heterocycles. The fraction of sp³-hybridized carbons (Fsp3) is 0.889. The molecule has 0 aromatic carbocycles. The molecular weight excluding hydrogens is 339 g/mol. The topological polar surface area (TPSA) is 63.2 Å². The van der Waals surface area contributed by atoms with Crippen LogP contribution in [-0.2, 0) is 14.6 Å². The Hall–Kier alpha value is -0.150. The van der Waals surface area contributed by atoms with Crippen LogP contribution in [0.5, 0.6) is 0 Å². The van der Waals surface area contributed by atoms with Crippen LogP contribution < -0.4 is 5.32 Å². The minimum atomic E-state index is -4.82. The molecule has 0 aromatic heterocycles. The number of halogens is 4. The number of carbonyl (C=O) groups is 1. The first-order chi connectivity index (χ1) is 8.04. The van der Waals surface area contributed by atoms with E-state index in [2.05, 4.69) is 21.2 Å². The Morgan fingerprint density at radius 2 is 1.89 bits per heavy atom. The van der Waals surface area contributed by atoms with Gasteiger partial charge in [-0.1, -0.05) is 15.9 Å². The second-order valence-corrected chi connectivity index (χ2v) is 7.22. The maximum Gasteiger partial charge on any atom is 0.451 e. The van der Waals surface area contributed by atoms with Crippen molar-refractivity contribution in [1.82, 2.24) is 5.32 Å². The van der Waals surface area contributed by atoms with Crippen molar-refractivity contribution in [3.05, 3.63) is 0 Å². The maximum atomic E-state index is 12.0. The van der Waals surface area contributed by atoms with E-state index in [0.717, 1.165) is 6.26 Å². The van der Waals surface area contributed by atoms with Crippen molar-refractivity contribution in [2.75, 3.05) is 25.1 Å². The Kier molecular flexibility index (Phi) is 7.38. The third-order valence-electron chi connectivity index (χ3n) is 2.02. The largest absolute Gasteiger partial charge is 0.451 e. The highest BCUT2D eigenvalue weighted by Gasteiger charge is 2.41. The van der Waals surface area contributed by atoms with Crippen LogP contribution in [0.1, 0.15) is 12.8 Å². The summed E-state index contributed by atoms with van der Waals surface area (Å²) >= 11 is 2.69. The summed E-state index contributed by atoms with van der Waals surface area (Å²) in [7, 11) is -3.04. The van der Waals surface area contributed by atoms with Crippen LogP contribution in [0, 0.1) is 0 Å². The van der Waals surface area contributed by atoms with Gasteiger partial charge in [0.25, 0.3) is 0 Å². The van der Waals surface area contributed by atoms with Crippen LogP contribution in [-0.4, -0.2) is 50.3 Å². The van der Waals surface area contributed by atoms with E-state index in [9.17, 15) is 26.4 Å². The molecule has 0 saturated carbocycles. The third kappa shape index (κ3) is 8.87. The van der Waals surface area contributed by atoms with Crippen molar-refractivity contribution in [2.24, 2.45) is 0 Å². The summed E-state index contributed by atoms with van der Waals surface area (Å²) in [4.78, 5) is 9.50. The molecule has 0 aromatic rings. The van der Waals surface area contributed by atoms with Gasteiger partial charge in [0, 0.05) is 12.8 Å². The molecule has 0 spiro atoms. The molecule has 0 radical (unpaired) electrons. The molecule has 0 saturated heterocycles. The van der Waals surface area contributed by atoms with Crippen molar-refractivity contribution in [3.63, 3.8) is 0 Å². The predicted octanol–water partition coefficient (Wildman–Crippen LogP) is 1.30. The Bertz CT molecular complexity index is 370. The predicted molar refractivity (Wildman–Crippen MR) is 65.6 cm³/mol. The molecule has 4 nitrogen and oxygen atoms in total. The number of ketones is 1. The van der Waals surface area contributed by atoms with E-state index < -0.39 is 26.6 Å². The normalized spacial score (nSPS) is 14.5. The number of hydrogen-bond donors (Lipinski definition) is 1. The standard InChI is InChI=1S/C9H15BrF3NO3S/c1-18(16,17)6-5-14-4-2-3-7(10)8(15)9(11,12)13/h7,14H,2-6H2,1H3. The molecule has 0 amide bonds. The summed E-state index contributed by atoms with van der Waals surface area (Å²) in [5.74, 6) is -1.81. The van der Waals surface area contributed by atoms with Gasteiger partial charge >= 0.3 is 6.18 Å². The minimum Gasteiger partial charge on any atom is -0.316 e. The highest BCUT2D eigenvalue weighted by atomic mass is 79.9. The van der Waals surface area contributed by atoms with Crippen LogP contribution in [0.2, 0.25) is 0 Å². The Balaban J connectivity index is 3.71. The van der Waals surface area contributed by atoms with E-state index in [-0.39, 0.29) is 18.7 Å². The summed E-state index contributed by atoms with van der Waals surface area (Å²) in [5, 5.41) is 2.78. The molecule has 1 unspecified atom stereocenters. The molecule has 0 aliphatic heterocycles. The fourth-order valence-corrected chi connectivity index (χ4v) is 2.20. The molecule has 0 aliphatic carbocycles. The van der Waals surface area contributed by atoms with Crippen LogP contribution in [0.4, 0.5) is 13.2 Å². The number of nitrogens with one attached hydrogen (secondary N) is 1. The first kappa shape index (κ1) is 17.8. The molecule has 0 aliphatic rings. The summed E-state index contributed by atoms with van der Waals surface area (Å²) in [6, 6.07) is 0. The number of alkyl halides is 4. The lowest BCUT2D eigenvalue weighted by Gasteiger charge is -2.11. The smallest absolute Gasteiger partial charge is 0.316 e. The van der Waals surface area contributed by atoms with Crippen molar-refractivity contribution in [1.29, 1.82) is 0 Å². The average Bonchev–Trinajstić information content (AvgIpc) is 2.18. The minimum absolute atomic E-state index is 0.0216. The van der Waals surface area contributed by atoms with Crippen LogP contribution >= 0.6 is 15.9 Å². The first-order valence-electron chi connectivity index (χ1n) is 5.17. The van der Waals surface area contributed by atoms with Crippen molar-refractivity contribution in [3.8, 4) is 0 Å². The van der Waals surface area contributed by atoms with Gasteiger partial charge in [-0.25, -0.2) is 8.42 Å². The highest BCUT2D eigenvalue weighted by molar-refractivity contribution is 9.10. The summed E-state index contributed by atoms with van der Waals surface area (Å²) in [6.45, 7) is 0.613. The summed E-state index contributed by atoms with van der Waals surface area (Å²) < 4.78 is 57.5.